The maximum Gasteiger partial charge on any atom is 0.137 e. The van der Waals surface area contributed by atoms with Crippen molar-refractivity contribution in [3.05, 3.63) is 24.0 Å². The summed E-state index contributed by atoms with van der Waals surface area (Å²) in [5.74, 6) is 0.622. The van der Waals surface area contributed by atoms with E-state index in [0.717, 1.165) is 0 Å². The second-order valence-corrected chi connectivity index (χ2v) is 2.96. The Hall–Kier alpha value is -1.13. The highest BCUT2D eigenvalue weighted by Gasteiger charge is 2.12. The molecule has 0 radical (unpaired) electrons. The number of nitrogens with two attached hydrogens (primary N) is 1. The maximum atomic E-state index is 9.60. The zero-order chi connectivity index (χ0) is 9.84. The van der Waals surface area contributed by atoms with Crippen molar-refractivity contribution >= 4 is 0 Å². The Morgan fingerprint density at radius 1 is 1.54 bits per heavy atom. The molecule has 0 aromatic carbocycles. The van der Waals surface area contributed by atoms with Gasteiger partial charge in [0.2, 0.25) is 0 Å². The van der Waals surface area contributed by atoms with E-state index >= 15 is 0 Å². The van der Waals surface area contributed by atoms with E-state index in [1.807, 2.05) is 0 Å². The lowest BCUT2D eigenvalue weighted by Gasteiger charge is -2.14. The molecule has 0 saturated heterocycles. The Morgan fingerprint density at radius 3 is 2.77 bits per heavy atom. The van der Waals surface area contributed by atoms with Gasteiger partial charge in [-0.05, 0) is 13.0 Å². The van der Waals surface area contributed by atoms with Crippen LogP contribution in [0.2, 0.25) is 0 Å². The summed E-state index contributed by atoms with van der Waals surface area (Å²) in [6, 6.07) is 1.41. The zero-order valence-electron chi connectivity index (χ0n) is 7.77. The maximum absolute atomic E-state index is 9.60. The topological polar surface area (TPSA) is 68.4 Å². The van der Waals surface area contributed by atoms with Crippen molar-refractivity contribution in [3.63, 3.8) is 0 Å². The van der Waals surface area contributed by atoms with Gasteiger partial charge in [0.15, 0.2) is 0 Å². The number of aliphatic hydroxyl groups is 1. The summed E-state index contributed by atoms with van der Waals surface area (Å²) in [6.45, 7) is 1.74. The van der Waals surface area contributed by atoms with E-state index in [9.17, 15) is 5.11 Å². The largest absolute Gasteiger partial charge is 0.495 e. The molecule has 0 aliphatic heterocycles. The van der Waals surface area contributed by atoms with Gasteiger partial charge in [0.05, 0.1) is 19.4 Å². The third kappa shape index (κ3) is 2.40. The predicted molar refractivity (Wildman–Crippen MR) is 49.4 cm³/mol. The Labute approximate surface area is 77.4 Å². The molecule has 0 aliphatic rings. The predicted octanol–water partition coefficient (Wildman–Crippen LogP) is 0.471. The summed E-state index contributed by atoms with van der Waals surface area (Å²) in [5, 5.41) is 9.60. The lowest BCUT2D eigenvalue weighted by molar-refractivity contribution is 0.152. The summed E-state index contributed by atoms with van der Waals surface area (Å²) in [6.07, 6.45) is 2.47. The standard InChI is InChI=1S/C9H14N2O2/c1-6(10)9(12)7-3-8(13-2)5-11-4-7/h3-6,9,12H,10H2,1-2H3/t6-,9+/m1/s1. The van der Waals surface area contributed by atoms with E-state index < -0.39 is 6.10 Å². The van der Waals surface area contributed by atoms with Gasteiger partial charge in [0.1, 0.15) is 5.75 Å². The number of hydrogen-bond donors (Lipinski definition) is 2. The minimum atomic E-state index is -0.692. The van der Waals surface area contributed by atoms with Crippen LogP contribution in [-0.4, -0.2) is 23.2 Å². The Kier molecular flexibility index (Phi) is 3.22. The van der Waals surface area contributed by atoms with Crippen molar-refractivity contribution in [2.75, 3.05) is 7.11 Å². The third-order valence-electron chi connectivity index (χ3n) is 1.81. The molecule has 0 unspecified atom stereocenters. The number of rotatable bonds is 3. The Balaban J connectivity index is 2.88. The van der Waals surface area contributed by atoms with Crippen molar-refractivity contribution in [2.45, 2.75) is 19.1 Å². The molecule has 1 aromatic heterocycles. The van der Waals surface area contributed by atoms with Crippen molar-refractivity contribution < 1.29 is 9.84 Å². The van der Waals surface area contributed by atoms with Crippen LogP contribution in [0.25, 0.3) is 0 Å². The first-order valence-corrected chi connectivity index (χ1v) is 4.07. The van der Waals surface area contributed by atoms with E-state index in [0.29, 0.717) is 11.3 Å². The van der Waals surface area contributed by atoms with Crippen LogP contribution in [0.3, 0.4) is 0 Å². The van der Waals surface area contributed by atoms with Crippen LogP contribution in [0, 0.1) is 0 Å². The minimum Gasteiger partial charge on any atom is -0.495 e. The van der Waals surface area contributed by atoms with Crippen molar-refractivity contribution in [3.8, 4) is 5.75 Å². The van der Waals surface area contributed by atoms with Gasteiger partial charge in [-0.25, -0.2) is 0 Å². The molecule has 2 atom stereocenters. The van der Waals surface area contributed by atoms with E-state index in [-0.39, 0.29) is 6.04 Å². The highest BCUT2D eigenvalue weighted by atomic mass is 16.5. The van der Waals surface area contributed by atoms with Gasteiger partial charge in [-0.1, -0.05) is 0 Å². The van der Waals surface area contributed by atoms with Crippen LogP contribution < -0.4 is 10.5 Å². The lowest BCUT2D eigenvalue weighted by Crippen LogP contribution is -2.24. The molecule has 0 bridgehead atoms. The minimum absolute atomic E-state index is 0.311. The summed E-state index contributed by atoms with van der Waals surface area (Å²) >= 11 is 0. The molecule has 4 heteroatoms. The van der Waals surface area contributed by atoms with E-state index in [1.54, 1.807) is 32.5 Å². The summed E-state index contributed by atoms with van der Waals surface area (Å²) in [7, 11) is 1.55. The zero-order valence-corrected chi connectivity index (χ0v) is 7.77. The first-order chi connectivity index (χ1) is 6.15. The first kappa shape index (κ1) is 9.95. The molecule has 13 heavy (non-hydrogen) atoms. The highest BCUT2D eigenvalue weighted by Crippen LogP contribution is 2.18. The number of methoxy groups -OCH3 is 1. The molecular formula is C9H14N2O2. The number of aromatic nitrogens is 1. The molecule has 4 nitrogen and oxygen atoms in total. The van der Waals surface area contributed by atoms with Crippen molar-refractivity contribution in [2.24, 2.45) is 5.73 Å². The average molecular weight is 182 g/mol. The second kappa shape index (κ2) is 4.20. The fourth-order valence-corrected chi connectivity index (χ4v) is 1.01. The Bertz CT molecular complexity index is 276. The van der Waals surface area contributed by atoms with Crippen LogP contribution in [0.5, 0.6) is 5.75 Å². The molecule has 1 rings (SSSR count). The number of aliphatic hydroxyl groups excluding tert-OH is 1. The lowest BCUT2D eigenvalue weighted by atomic mass is 10.1. The fraction of sp³-hybridized carbons (Fsp3) is 0.444. The third-order valence-corrected chi connectivity index (χ3v) is 1.81. The van der Waals surface area contributed by atoms with Crippen LogP contribution in [0.1, 0.15) is 18.6 Å². The molecular weight excluding hydrogens is 168 g/mol. The molecule has 3 N–H and O–H groups in total. The number of pyridine rings is 1. The summed E-state index contributed by atoms with van der Waals surface area (Å²) in [5.41, 5.74) is 6.22. The van der Waals surface area contributed by atoms with Gasteiger partial charge < -0.3 is 15.6 Å². The molecule has 1 heterocycles. The molecule has 0 aliphatic carbocycles. The summed E-state index contributed by atoms with van der Waals surface area (Å²) < 4.78 is 4.97. The van der Waals surface area contributed by atoms with E-state index in [2.05, 4.69) is 4.98 Å². The van der Waals surface area contributed by atoms with Crippen LogP contribution >= 0.6 is 0 Å². The first-order valence-electron chi connectivity index (χ1n) is 4.07. The quantitative estimate of drug-likeness (QED) is 0.713. The van der Waals surface area contributed by atoms with Crippen LogP contribution in [0.4, 0.5) is 0 Å². The van der Waals surface area contributed by atoms with Gasteiger partial charge in [0.25, 0.3) is 0 Å². The smallest absolute Gasteiger partial charge is 0.137 e. The van der Waals surface area contributed by atoms with Gasteiger partial charge in [-0.3, -0.25) is 4.98 Å². The average Bonchev–Trinajstić information content (AvgIpc) is 2.16. The van der Waals surface area contributed by atoms with Gasteiger partial charge in [-0.15, -0.1) is 0 Å². The monoisotopic (exact) mass is 182 g/mol. The fourth-order valence-electron chi connectivity index (χ4n) is 1.01. The highest BCUT2D eigenvalue weighted by molar-refractivity contribution is 5.25. The SMILES string of the molecule is COc1cncc([C@@H](O)[C@@H](C)N)c1. The number of nitrogens with zero attached hydrogens (tertiary/aromatic N) is 1. The number of ether oxygens (including phenoxy) is 1. The second-order valence-electron chi connectivity index (χ2n) is 2.96. The van der Waals surface area contributed by atoms with E-state index in [4.69, 9.17) is 10.5 Å². The molecule has 1 aromatic rings. The molecule has 0 amide bonds. The van der Waals surface area contributed by atoms with E-state index in [1.165, 1.54) is 0 Å². The van der Waals surface area contributed by atoms with Crippen molar-refractivity contribution in [1.29, 1.82) is 0 Å². The normalized spacial score (nSPS) is 15.1. The van der Waals surface area contributed by atoms with Gasteiger partial charge in [0, 0.05) is 17.8 Å². The van der Waals surface area contributed by atoms with Gasteiger partial charge >= 0.3 is 0 Å². The van der Waals surface area contributed by atoms with Crippen LogP contribution in [-0.2, 0) is 0 Å². The summed E-state index contributed by atoms with van der Waals surface area (Å²) in [4.78, 5) is 3.92. The van der Waals surface area contributed by atoms with Crippen molar-refractivity contribution in [1.82, 2.24) is 4.98 Å². The molecule has 0 saturated carbocycles. The molecule has 0 fully saturated rings. The Morgan fingerprint density at radius 2 is 2.23 bits per heavy atom. The molecule has 0 spiro atoms. The molecule has 72 valence electrons. The van der Waals surface area contributed by atoms with Crippen LogP contribution in [0.15, 0.2) is 18.5 Å². The number of hydrogen-bond acceptors (Lipinski definition) is 4. The van der Waals surface area contributed by atoms with Gasteiger partial charge in [-0.2, -0.15) is 0 Å².